The van der Waals surface area contributed by atoms with E-state index in [1.165, 1.54) is 27.4 Å². The molecule has 2 aliphatic heterocycles. The number of likely N-dealkylation sites (N-methyl/N-ethyl adjacent to an activating group) is 1. The standard InChI is InChI=1S/C26H33N5O5S/c1-26(24(32)27-34,37(3,35)36)10-11-30-19-23-16-22(18-31(23)25(30)33)9-6-20-4-7-21(8-5-20)17-29-14-12-28(2)13-15-29/h4-5,7-8,16,18,34H,10-15,17,19H2,1-3H3,(H,27,32)/t26-/m1/s1. The number of sulfone groups is 1. The molecular formula is C26H33N5O5S. The number of nitrogens with zero attached hydrogens (tertiary/aromatic N) is 4. The van der Waals surface area contributed by atoms with E-state index in [2.05, 4.69) is 40.8 Å². The maximum absolute atomic E-state index is 12.8. The van der Waals surface area contributed by atoms with E-state index in [1.807, 2.05) is 18.2 Å². The van der Waals surface area contributed by atoms with Crippen molar-refractivity contribution < 1.29 is 23.2 Å². The zero-order valence-corrected chi connectivity index (χ0v) is 22.2. The van der Waals surface area contributed by atoms with Gasteiger partial charge in [0.2, 0.25) is 0 Å². The minimum atomic E-state index is -3.83. The molecule has 2 N–H and O–H groups in total. The zero-order valence-electron chi connectivity index (χ0n) is 21.4. The van der Waals surface area contributed by atoms with Crippen LogP contribution in [-0.4, -0.2) is 95.6 Å². The number of rotatable bonds is 7. The Balaban J connectivity index is 1.36. The number of aromatic nitrogens is 1. The maximum atomic E-state index is 12.8. The summed E-state index contributed by atoms with van der Waals surface area (Å²) in [6, 6.07) is 9.75. The van der Waals surface area contributed by atoms with Crippen molar-refractivity contribution in [1.29, 1.82) is 0 Å². The molecular weight excluding hydrogens is 494 g/mol. The highest BCUT2D eigenvalue weighted by molar-refractivity contribution is 7.92. The van der Waals surface area contributed by atoms with Crippen molar-refractivity contribution in [3.63, 3.8) is 0 Å². The second kappa shape index (κ2) is 10.7. The first-order valence-electron chi connectivity index (χ1n) is 12.2. The highest BCUT2D eigenvalue weighted by atomic mass is 32.2. The molecule has 0 spiro atoms. The molecule has 1 aromatic carbocycles. The third-order valence-electron chi connectivity index (χ3n) is 7.30. The summed E-state index contributed by atoms with van der Waals surface area (Å²) in [4.78, 5) is 31.1. The van der Waals surface area contributed by atoms with Crippen LogP contribution in [0.15, 0.2) is 36.5 Å². The van der Waals surface area contributed by atoms with Gasteiger partial charge in [0.15, 0.2) is 14.6 Å². The zero-order chi connectivity index (χ0) is 26.8. The first-order chi connectivity index (χ1) is 17.5. The third-order valence-corrected chi connectivity index (χ3v) is 9.32. The molecule has 10 nitrogen and oxygen atoms in total. The Labute approximate surface area is 217 Å². The molecule has 0 saturated carbocycles. The van der Waals surface area contributed by atoms with E-state index in [1.54, 1.807) is 6.20 Å². The van der Waals surface area contributed by atoms with Gasteiger partial charge in [-0.05, 0) is 44.2 Å². The average Bonchev–Trinajstić information content (AvgIpc) is 3.40. The minimum absolute atomic E-state index is 0.0407. The van der Waals surface area contributed by atoms with Gasteiger partial charge in [-0.25, -0.2) is 18.7 Å². The van der Waals surface area contributed by atoms with Crippen molar-refractivity contribution >= 4 is 21.8 Å². The van der Waals surface area contributed by atoms with Gasteiger partial charge >= 0.3 is 6.03 Å². The van der Waals surface area contributed by atoms with Crippen LogP contribution >= 0.6 is 0 Å². The van der Waals surface area contributed by atoms with Gasteiger partial charge in [-0.2, -0.15) is 0 Å². The van der Waals surface area contributed by atoms with Gasteiger partial charge in [0, 0.05) is 68.5 Å². The fraction of sp³-hybridized carbons (Fsp3) is 0.462. The van der Waals surface area contributed by atoms with E-state index in [0.717, 1.165) is 50.2 Å². The lowest BCUT2D eigenvalue weighted by atomic mass is 10.1. The largest absolute Gasteiger partial charge is 0.328 e. The number of piperazine rings is 1. The Kier molecular flexibility index (Phi) is 7.75. The number of nitrogens with one attached hydrogen (secondary N) is 1. The third kappa shape index (κ3) is 5.88. The SMILES string of the molecule is CN1CCN(Cc2ccc(C#Cc3cc4n(c3)C(=O)N(CC[C@](C)(C(=O)NO)S(C)(=O)=O)C4)cc2)CC1. The second-order valence-corrected chi connectivity index (χ2v) is 12.5. The molecule has 0 bridgehead atoms. The summed E-state index contributed by atoms with van der Waals surface area (Å²) in [5.41, 5.74) is 5.03. The molecule has 11 heteroatoms. The first kappa shape index (κ1) is 26.9. The summed E-state index contributed by atoms with van der Waals surface area (Å²) >= 11 is 0. The second-order valence-electron chi connectivity index (χ2n) is 10.0. The van der Waals surface area contributed by atoms with Crippen LogP contribution in [0.4, 0.5) is 4.79 Å². The predicted molar refractivity (Wildman–Crippen MR) is 139 cm³/mol. The number of amides is 2. The summed E-state index contributed by atoms with van der Waals surface area (Å²) in [5.74, 6) is 5.24. The fourth-order valence-corrected chi connectivity index (χ4v) is 5.35. The lowest BCUT2D eigenvalue weighted by Crippen LogP contribution is -2.50. The van der Waals surface area contributed by atoms with E-state index in [4.69, 9.17) is 5.21 Å². The van der Waals surface area contributed by atoms with Crippen molar-refractivity contribution in [1.82, 2.24) is 24.7 Å². The normalized spacial score (nSPS) is 18.2. The Morgan fingerprint density at radius 3 is 2.35 bits per heavy atom. The van der Waals surface area contributed by atoms with E-state index in [-0.39, 0.29) is 25.5 Å². The Hall–Kier alpha value is -3.17. The molecule has 0 radical (unpaired) electrons. The monoisotopic (exact) mass is 527 g/mol. The molecule has 3 heterocycles. The molecule has 1 saturated heterocycles. The summed E-state index contributed by atoms with van der Waals surface area (Å²) in [6.07, 6.45) is 2.46. The smallest absolute Gasteiger partial charge is 0.318 e. The van der Waals surface area contributed by atoms with Crippen LogP contribution in [0.2, 0.25) is 0 Å². The minimum Gasteiger partial charge on any atom is -0.318 e. The molecule has 1 aromatic heterocycles. The number of fused-ring (bicyclic) bond motifs is 1. The van der Waals surface area contributed by atoms with Gasteiger partial charge in [0.05, 0.1) is 6.54 Å². The van der Waals surface area contributed by atoms with Crippen LogP contribution in [0.5, 0.6) is 0 Å². The van der Waals surface area contributed by atoms with Gasteiger partial charge in [-0.1, -0.05) is 24.0 Å². The highest BCUT2D eigenvalue weighted by Crippen LogP contribution is 2.25. The molecule has 2 amide bonds. The molecule has 2 aliphatic rings. The van der Waals surface area contributed by atoms with Crippen LogP contribution in [0, 0.1) is 11.8 Å². The van der Waals surface area contributed by atoms with Crippen molar-refractivity contribution in [2.75, 3.05) is 46.0 Å². The summed E-state index contributed by atoms with van der Waals surface area (Å²) in [6.45, 7) is 6.81. The summed E-state index contributed by atoms with van der Waals surface area (Å²) < 4.78 is 24.0. The number of benzene rings is 1. The topological polar surface area (TPSA) is 115 Å². The molecule has 2 aromatic rings. The number of hydrogen-bond acceptors (Lipinski definition) is 7. The molecule has 0 aliphatic carbocycles. The lowest BCUT2D eigenvalue weighted by molar-refractivity contribution is -0.131. The van der Waals surface area contributed by atoms with Crippen LogP contribution < -0.4 is 5.48 Å². The fourth-order valence-electron chi connectivity index (χ4n) is 4.50. The van der Waals surface area contributed by atoms with Gasteiger partial charge in [-0.3, -0.25) is 19.5 Å². The molecule has 198 valence electrons. The van der Waals surface area contributed by atoms with Crippen molar-refractivity contribution in [3.8, 4) is 11.8 Å². The van der Waals surface area contributed by atoms with Gasteiger partial charge in [0.25, 0.3) is 5.91 Å². The molecule has 0 unspecified atom stereocenters. The maximum Gasteiger partial charge on any atom is 0.328 e. The number of hydrogen-bond donors (Lipinski definition) is 2. The van der Waals surface area contributed by atoms with Crippen LogP contribution in [-0.2, 0) is 27.7 Å². The molecule has 1 atom stereocenters. The van der Waals surface area contributed by atoms with E-state index in [9.17, 15) is 18.0 Å². The van der Waals surface area contributed by atoms with Gasteiger partial charge < -0.3 is 9.80 Å². The van der Waals surface area contributed by atoms with Gasteiger partial charge in [0.1, 0.15) is 0 Å². The van der Waals surface area contributed by atoms with E-state index in [0.29, 0.717) is 5.56 Å². The Bertz CT molecular complexity index is 1330. The first-order valence-corrected chi connectivity index (χ1v) is 14.1. The predicted octanol–water partition coefficient (Wildman–Crippen LogP) is 1.12. The van der Waals surface area contributed by atoms with Crippen molar-refractivity contribution in [3.05, 3.63) is 58.9 Å². The summed E-state index contributed by atoms with van der Waals surface area (Å²) in [5, 5.41) is 8.97. The Morgan fingerprint density at radius 2 is 1.76 bits per heavy atom. The lowest BCUT2D eigenvalue weighted by Gasteiger charge is -2.32. The number of carbonyl (C=O) groups is 2. The van der Waals surface area contributed by atoms with Crippen LogP contribution in [0.3, 0.4) is 0 Å². The van der Waals surface area contributed by atoms with Gasteiger partial charge in [-0.15, -0.1) is 0 Å². The average molecular weight is 528 g/mol. The summed E-state index contributed by atoms with van der Waals surface area (Å²) in [7, 11) is -1.68. The van der Waals surface area contributed by atoms with Crippen LogP contribution in [0.25, 0.3) is 0 Å². The quantitative estimate of drug-likeness (QED) is 0.315. The van der Waals surface area contributed by atoms with Crippen molar-refractivity contribution in [2.45, 2.75) is 31.2 Å². The van der Waals surface area contributed by atoms with E-state index >= 15 is 0 Å². The number of hydroxylamine groups is 1. The highest BCUT2D eigenvalue weighted by Gasteiger charge is 2.44. The molecule has 37 heavy (non-hydrogen) atoms. The number of carbonyl (C=O) groups excluding carboxylic acids is 2. The molecule has 4 rings (SSSR count). The van der Waals surface area contributed by atoms with Crippen LogP contribution in [0.1, 0.15) is 35.7 Å². The van der Waals surface area contributed by atoms with E-state index < -0.39 is 20.5 Å². The van der Waals surface area contributed by atoms with Crippen molar-refractivity contribution in [2.24, 2.45) is 0 Å². The Morgan fingerprint density at radius 1 is 1.11 bits per heavy atom. The molecule has 1 fully saturated rings.